The van der Waals surface area contributed by atoms with Gasteiger partial charge in [-0.1, -0.05) is 54.6 Å². The fraction of sp³-hybridized carbons (Fsp3) is 0.360. The summed E-state index contributed by atoms with van der Waals surface area (Å²) < 4.78 is 0. The molecule has 2 aromatic carbocycles. The molecule has 1 heterocycles. The van der Waals surface area contributed by atoms with Crippen molar-refractivity contribution in [2.75, 3.05) is 0 Å². The van der Waals surface area contributed by atoms with Crippen molar-refractivity contribution in [2.45, 2.75) is 58.2 Å². The van der Waals surface area contributed by atoms with Gasteiger partial charge in [0, 0.05) is 24.9 Å². The molecule has 4 amide bonds. The molecule has 168 valence electrons. The second-order valence-corrected chi connectivity index (χ2v) is 8.54. The number of nitrogens with zero attached hydrogens (tertiary/aromatic N) is 1. The number of Topliss-reactive ketones (excluding diaryl/α,β-unsaturated/α-hetero) is 1. The summed E-state index contributed by atoms with van der Waals surface area (Å²) in [6.07, 6.45) is 2.15. The Morgan fingerprint density at radius 1 is 0.906 bits per heavy atom. The van der Waals surface area contributed by atoms with E-state index in [4.69, 9.17) is 0 Å². The van der Waals surface area contributed by atoms with Gasteiger partial charge < -0.3 is 10.6 Å². The molecule has 0 unspecified atom stereocenters. The number of unbranched alkanes of at least 4 members (excludes halogenated alkanes) is 1. The van der Waals surface area contributed by atoms with Gasteiger partial charge in [-0.2, -0.15) is 0 Å². The van der Waals surface area contributed by atoms with E-state index in [1.807, 2.05) is 42.5 Å². The zero-order chi connectivity index (χ0) is 23.1. The minimum atomic E-state index is -0.879. The van der Waals surface area contributed by atoms with Crippen molar-refractivity contribution in [1.82, 2.24) is 15.5 Å². The third-order valence-corrected chi connectivity index (χ3v) is 5.45. The zero-order valence-corrected chi connectivity index (χ0v) is 18.5. The van der Waals surface area contributed by atoms with E-state index in [0.29, 0.717) is 37.8 Å². The van der Waals surface area contributed by atoms with Crippen LogP contribution in [0.3, 0.4) is 0 Å². The lowest BCUT2D eigenvalue weighted by Crippen LogP contribution is -2.40. The molecule has 0 radical (unpaired) electrons. The normalized spacial score (nSPS) is 14.9. The maximum absolute atomic E-state index is 12.3. The molecule has 0 spiro atoms. The van der Waals surface area contributed by atoms with E-state index in [9.17, 15) is 19.2 Å². The number of hydrogen-bond donors (Lipinski definition) is 2. The molecule has 2 N–H and O–H groups in total. The van der Waals surface area contributed by atoms with Crippen LogP contribution < -0.4 is 10.6 Å². The third-order valence-electron chi connectivity index (χ3n) is 5.45. The number of carbonyl (C=O) groups excluding carboxylic acids is 4. The van der Waals surface area contributed by atoms with Crippen LogP contribution in [0.15, 0.2) is 54.6 Å². The van der Waals surface area contributed by atoms with Crippen molar-refractivity contribution in [3.63, 3.8) is 0 Å². The van der Waals surface area contributed by atoms with Gasteiger partial charge in [-0.05, 0) is 37.8 Å². The number of carbonyl (C=O) groups is 4. The number of ketones is 1. The number of rotatable bonds is 10. The van der Waals surface area contributed by atoms with Gasteiger partial charge in [-0.15, -0.1) is 0 Å². The summed E-state index contributed by atoms with van der Waals surface area (Å²) in [7, 11) is 0. The highest BCUT2D eigenvalue weighted by molar-refractivity contribution is 6.06. The number of benzene rings is 2. The number of urea groups is 1. The smallest absolute Gasteiger partial charge is 0.325 e. The Bertz CT molecular complexity index is 984. The Morgan fingerprint density at radius 2 is 1.53 bits per heavy atom. The topological polar surface area (TPSA) is 95.6 Å². The van der Waals surface area contributed by atoms with Crippen LogP contribution in [0, 0.1) is 0 Å². The van der Waals surface area contributed by atoms with Gasteiger partial charge in [0.25, 0.3) is 5.91 Å². The van der Waals surface area contributed by atoms with E-state index in [2.05, 4.69) is 10.6 Å². The summed E-state index contributed by atoms with van der Waals surface area (Å²) in [6, 6.07) is 16.2. The van der Waals surface area contributed by atoms with E-state index in [1.54, 1.807) is 26.0 Å². The lowest BCUT2D eigenvalue weighted by Gasteiger charge is -2.16. The molecule has 7 heteroatoms. The first-order chi connectivity index (χ1) is 15.3. The highest BCUT2D eigenvalue weighted by atomic mass is 16.2. The lowest BCUT2D eigenvalue weighted by atomic mass is 10.0. The number of amides is 4. The van der Waals surface area contributed by atoms with Crippen molar-refractivity contribution in [3.8, 4) is 0 Å². The molecule has 0 aromatic heterocycles. The molecule has 1 fully saturated rings. The molecule has 1 aliphatic heterocycles. The highest BCUT2D eigenvalue weighted by Crippen LogP contribution is 2.19. The maximum atomic E-state index is 12.3. The first-order valence-corrected chi connectivity index (χ1v) is 10.8. The van der Waals surface area contributed by atoms with Gasteiger partial charge in [-0.25, -0.2) is 4.79 Å². The van der Waals surface area contributed by atoms with Crippen LogP contribution in [-0.4, -0.2) is 34.1 Å². The van der Waals surface area contributed by atoms with E-state index >= 15 is 0 Å². The van der Waals surface area contributed by atoms with Gasteiger partial charge in [0.2, 0.25) is 5.91 Å². The minimum Gasteiger partial charge on any atom is -0.352 e. The van der Waals surface area contributed by atoms with Gasteiger partial charge in [0.15, 0.2) is 5.78 Å². The summed E-state index contributed by atoms with van der Waals surface area (Å²) in [6.45, 7) is 3.97. The molecule has 7 nitrogen and oxygen atoms in total. The monoisotopic (exact) mass is 435 g/mol. The zero-order valence-electron chi connectivity index (χ0n) is 18.5. The molecular weight excluding hydrogens is 406 g/mol. The predicted molar refractivity (Wildman–Crippen MR) is 121 cm³/mol. The summed E-state index contributed by atoms with van der Waals surface area (Å²) in [5.74, 6) is -0.199. The van der Waals surface area contributed by atoms with Crippen molar-refractivity contribution >= 4 is 23.6 Å². The second-order valence-electron chi connectivity index (χ2n) is 8.54. The highest BCUT2D eigenvalue weighted by Gasteiger charge is 2.43. The second kappa shape index (κ2) is 10.2. The van der Waals surface area contributed by atoms with Crippen LogP contribution in [0.1, 0.15) is 61.0 Å². The SMILES string of the molecule is CC1(C)NC(=O)N(Cc2ccc(CNC(=O)CCCCC(=O)c3ccccc3)cc2)C1=O. The summed E-state index contributed by atoms with van der Waals surface area (Å²) >= 11 is 0. The van der Waals surface area contributed by atoms with Crippen molar-refractivity contribution in [3.05, 3.63) is 71.3 Å². The number of nitrogens with one attached hydrogen (secondary N) is 2. The molecule has 0 saturated carbocycles. The summed E-state index contributed by atoms with van der Waals surface area (Å²) in [5, 5.41) is 5.55. The summed E-state index contributed by atoms with van der Waals surface area (Å²) in [4.78, 5) is 49.6. The predicted octanol–water partition coefficient (Wildman–Crippen LogP) is 3.58. The van der Waals surface area contributed by atoms with Gasteiger partial charge >= 0.3 is 6.03 Å². The van der Waals surface area contributed by atoms with E-state index in [1.165, 1.54) is 4.90 Å². The standard InChI is InChI=1S/C25H29N3O4/c1-25(2)23(31)28(24(32)27-25)17-19-14-12-18(13-15-19)16-26-22(30)11-7-6-10-21(29)20-8-4-3-5-9-20/h3-5,8-9,12-15H,6-7,10-11,16-17H2,1-2H3,(H,26,30)(H,27,32). The first kappa shape index (κ1) is 23.2. The number of imide groups is 1. The van der Waals surface area contributed by atoms with E-state index in [-0.39, 0.29) is 30.2 Å². The molecular formula is C25H29N3O4. The van der Waals surface area contributed by atoms with Crippen LogP contribution in [-0.2, 0) is 22.7 Å². The molecule has 2 aromatic rings. The first-order valence-electron chi connectivity index (χ1n) is 10.8. The fourth-order valence-corrected chi connectivity index (χ4v) is 3.54. The molecule has 0 atom stereocenters. The van der Waals surface area contributed by atoms with Crippen LogP contribution in [0.5, 0.6) is 0 Å². The average molecular weight is 436 g/mol. The lowest BCUT2D eigenvalue weighted by molar-refractivity contribution is -0.130. The van der Waals surface area contributed by atoms with E-state index < -0.39 is 5.54 Å². The molecule has 0 bridgehead atoms. The molecule has 0 aliphatic carbocycles. The van der Waals surface area contributed by atoms with Crippen LogP contribution in [0.4, 0.5) is 4.79 Å². The maximum Gasteiger partial charge on any atom is 0.325 e. The Morgan fingerprint density at radius 3 is 2.16 bits per heavy atom. The Hall–Kier alpha value is -3.48. The van der Waals surface area contributed by atoms with Crippen LogP contribution >= 0.6 is 0 Å². The van der Waals surface area contributed by atoms with Gasteiger partial charge in [-0.3, -0.25) is 19.3 Å². The van der Waals surface area contributed by atoms with Crippen LogP contribution in [0.25, 0.3) is 0 Å². The van der Waals surface area contributed by atoms with E-state index in [0.717, 1.165) is 11.1 Å². The molecule has 1 aliphatic rings. The number of hydrogen-bond acceptors (Lipinski definition) is 4. The molecule has 3 rings (SSSR count). The summed E-state index contributed by atoms with van der Waals surface area (Å²) in [5.41, 5.74) is 1.60. The largest absolute Gasteiger partial charge is 0.352 e. The van der Waals surface area contributed by atoms with Gasteiger partial charge in [0.1, 0.15) is 5.54 Å². The fourth-order valence-electron chi connectivity index (χ4n) is 3.54. The Balaban J connectivity index is 1.37. The molecule has 1 saturated heterocycles. The van der Waals surface area contributed by atoms with Crippen LogP contribution in [0.2, 0.25) is 0 Å². The van der Waals surface area contributed by atoms with Crippen molar-refractivity contribution in [1.29, 1.82) is 0 Å². The Kier molecular flexibility index (Phi) is 7.41. The average Bonchev–Trinajstić information content (AvgIpc) is 2.98. The Labute approximate surface area is 188 Å². The minimum absolute atomic E-state index is 0.0530. The van der Waals surface area contributed by atoms with Gasteiger partial charge in [0.05, 0.1) is 6.54 Å². The molecule has 32 heavy (non-hydrogen) atoms. The third kappa shape index (κ3) is 6.03. The van der Waals surface area contributed by atoms with Crippen molar-refractivity contribution < 1.29 is 19.2 Å². The van der Waals surface area contributed by atoms with Crippen molar-refractivity contribution in [2.24, 2.45) is 0 Å². The quantitative estimate of drug-likeness (QED) is 0.339.